The summed E-state index contributed by atoms with van der Waals surface area (Å²) < 4.78 is 12.0. The molecule has 5 nitrogen and oxygen atoms in total. The fourth-order valence-corrected chi connectivity index (χ4v) is 3.08. The van der Waals surface area contributed by atoms with Crippen LogP contribution in [0.2, 0.25) is 0 Å². The van der Waals surface area contributed by atoms with Gasteiger partial charge in [-0.3, -0.25) is 4.79 Å². The maximum Gasteiger partial charge on any atom is 0.336 e. The van der Waals surface area contributed by atoms with Gasteiger partial charge in [0.2, 0.25) is 0 Å². The minimum Gasteiger partial charge on any atom is -0.483 e. The highest BCUT2D eigenvalue weighted by Crippen LogP contribution is 2.28. The van der Waals surface area contributed by atoms with Gasteiger partial charge in [-0.2, -0.15) is 0 Å². The van der Waals surface area contributed by atoms with E-state index in [1.54, 1.807) is 18.2 Å². The number of rotatable bonds is 6. The van der Waals surface area contributed by atoms with Gasteiger partial charge in [0.25, 0.3) is 5.91 Å². The lowest BCUT2D eigenvalue weighted by molar-refractivity contribution is -0.118. The Kier molecular flexibility index (Phi) is 6.31. The largest absolute Gasteiger partial charge is 0.483 e. The lowest BCUT2D eigenvalue weighted by atomic mass is 10.1. The molecule has 3 aromatic rings. The normalized spacial score (nSPS) is 10.5. The van der Waals surface area contributed by atoms with E-state index in [9.17, 15) is 9.59 Å². The van der Waals surface area contributed by atoms with Crippen LogP contribution in [0, 0.1) is 0 Å². The summed E-state index contributed by atoms with van der Waals surface area (Å²) in [6.45, 7) is 3.83. The van der Waals surface area contributed by atoms with E-state index >= 15 is 0 Å². The van der Waals surface area contributed by atoms with Gasteiger partial charge in [-0.15, -0.1) is 0 Å². The minimum atomic E-state index is -0.422. The average molecular weight is 442 g/mol. The Bertz CT molecular complexity index is 1100. The molecule has 6 heteroatoms. The molecule has 0 saturated carbocycles. The fourth-order valence-electron chi connectivity index (χ4n) is 2.70. The first-order valence-electron chi connectivity index (χ1n) is 8.80. The van der Waals surface area contributed by atoms with Gasteiger partial charge in [0.1, 0.15) is 11.3 Å². The average Bonchev–Trinajstić information content (AvgIpc) is 2.66. The van der Waals surface area contributed by atoms with Crippen molar-refractivity contribution in [1.29, 1.82) is 0 Å². The number of hydrogen-bond donors (Lipinski definition) is 1. The second-order valence-electron chi connectivity index (χ2n) is 6.52. The molecule has 0 spiro atoms. The molecule has 0 aliphatic rings. The van der Waals surface area contributed by atoms with Crippen molar-refractivity contribution >= 4 is 38.5 Å². The minimum absolute atomic E-state index is 0.161. The number of halogens is 1. The molecule has 0 unspecified atom stereocenters. The summed E-state index contributed by atoms with van der Waals surface area (Å²) in [6.07, 6.45) is 2.56. The molecule has 3 rings (SSSR count). The SMILES string of the molecule is CC(C)=CCc1c(OCC(=O)Nc2ccccc2Br)ccc2ccc(=O)oc12. The third-order valence-corrected chi connectivity index (χ3v) is 4.76. The summed E-state index contributed by atoms with van der Waals surface area (Å²) in [7, 11) is 0. The number of benzene rings is 2. The smallest absolute Gasteiger partial charge is 0.336 e. The van der Waals surface area contributed by atoms with Crippen molar-refractivity contribution < 1.29 is 13.9 Å². The van der Waals surface area contributed by atoms with Gasteiger partial charge >= 0.3 is 5.63 Å². The Hall–Kier alpha value is -2.86. The van der Waals surface area contributed by atoms with Crippen molar-refractivity contribution in [2.24, 2.45) is 0 Å². The van der Waals surface area contributed by atoms with Crippen LogP contribution in [0.1, 0.15) is 19.4 Å². The molecular formula is C22H20BrNO4. The Labute approximate surface area is 171 Å². The second-order valence-corrected chi connectivity index (χ2v) is 7.37. The van der Waals surface area contributed by atoms with Gasteiger partial charge in [-0.25, -0.2) is 4.79 Å². The summed E-state index contributed by atoms with van der Waals surface area (Å²) in [5, 5.41) is 3.61. The summed E-state index contributed by atoms with van der Waals surface area (Å²) in [4.78, 5) is 24.0. The number of carbonyl (C=O) groups is 1. The van der Waals surface area contributed by atoms with E-state index in [1.807, 2.05) is 44.2 Å². The molecule has 28 heavy (non-hydrogen) atoms. The number of carbonyl (C=O) groups excluding carboxylic acids is 1. The Morgan fingerprint density at radius 3 is 2.64 bits per heavy atom. The van der Waals surface area contributed by atoms with Crippen LogP contribution >= 0.6 is 15.9 Å². The number of anilines is 1. The predicted octanol–water partition coefficient (Wildman–Crippen LogP) is 5.08. The monoisotopic (exact) mass is 441 g/mol. The molecule has 0 saturated heterocycles. The predicted molar refractivity (Wildman–Crippen MR) is 114 cm³/mol. The summed E-state index contributed by atoms with van der Waals surface area (Å²) in [6, 6.07) is 14.1. The van der Waals surface area contributed by atoms with Gasteiger partial charge in [0, 0.05) is 21.5 Å². The van der Waals surface area contributed by atoms with Crippen molar-refractivity contribution in [2.75, 3.05) is 11.9 Å². The standard InChI is InChI=1S/C22H20BrNO4/c1-14(2)7-10-16-19(11-8-15-9-12-21(26)28-22(15)16)27-13-20(25)24-18-6-4-3-5-17(18)23/h3-9,11-12H,10,13H2,1-2H3,(H,24,25). The van der Waals surface area contributed by atoms with Crippen molar-refractivity contribution in [3.8, 4) is 5.75 Å². The Morgan fingerprint density at radius 1 is 1.14 bits per heavy atom. The van der Waals surface area contributed by atoms with Crippen LogP contribution in [0.15, 0.2) is 73.9 Å². The maximum absolute atomic E-state index is 12.3. The third-order valence-electron chi connectivity index (χ3n) is 4.07. The summed E-state index contributed by atoms with van der Waals surface area (Å²) in [5.74, 6) is 0.233. The van der Waals surface area contributed by atoms with E-state index in [-0.39, 0.29) is 12.5 Å². The van der Waals surface area contributed by atoms with E-state index in [1.165, 1.54) is 6.07 Å². The number of amides is 1. The molecule has 0 atom stereocenters. The van der Waals surface area contributed by atoms with Crippen LogP contribution in [0.5, 0.6) is 5.75 Å². The van der Waals surface area contributed by atoms with Gasteiger partial charge in [0.05, 0.1) is 5.69 Å². The van der Waals surface area contributed by atoms with Crippen molar-refractivity contribution in [1.82, 2.24) is 0 Å². The Balaban J connectivity index is 1.84. The zero-order chi connectivity index (χ0) is 20.1. The number of hydrogen-bond acceptors (Lipinski definition) is 4. The van der Waals surface area contributed by atoms with E-state index in [0.29, 0.717) is 23.4 Å². The molecular weight excluding hydrogens is 422 g/mol. The molecule has 1 heterocycles. The topological polar surface area (TPSA) is 68.5 Å². The molecule has 1 amide bonds. The Morgan fingerprint density at radius 2 is 1.89 bits per heavy atom. The third kappa shape index (κ3) is 4.89. The lowest BCUT2D eigenvalue weighted by Gasteiger charge is -2.13. The van der Waals surface area contributed by atoms with E-state index in [4.69, 9.17) is 9.15 Å². The van der Waals surface area contributed by atoms with Crippen LogP contribution in [-0.2, 0) is 11.2 Å². The number of ether oxygens (including phenoxy) is 1. The van der Waals surface area contributed by atoms with Crippen molar-refractivity contribution in [3.63, 3.8) is 0 Å². The van der Waals surface area contributed by atoms with E-state index in [0.717, 1.165) is 21.0 Å². The first-order chi connectivity index (χ1) is 13.4. The highest BCUT2D eigenvalue weighted by atomic mass is 79.9. The molecule has 144 valence electrons. The molecule has 0 bridgehead atoms. The maximum atomic E-state index is 12.3. The lowest BCUT2D eigenvalue weighted by Crippen LogP contribution is -2.20. The number of para-hydroxylation sites is 1. The van der Waals surface area contributed by atoms with Crippen molar-refractivity contribution in [2.45, 2.75) is 20.3 Å². The number of fused-ring (bicyclic) bond motifs is 1. The molecule has 0 fully saturated rings. The van der Waals surface area contributed by atoms with E-state index < -0.39 is 5.63 Å². The number of allylic oxidation sites excluding steroid dienone is 2. The van der Waals surface area contributed by atoms with Gasteiger partial charge < -0.3 is 14.5 Å². The van der Waals surface area contributed by atoms with E-state index in [2.05, 4.69) is 21.2 Å². The van der Waals surface area contributed by atoms with Crippen LogP contribution < -0.4 is 15.7 Å². The van der Waals surface area contributed by atoms with Crippen LogP contribution in [0.25, 0.3) is 11.0 Å². The molecule has 0 aliphatic carbocycles. The first kappa shape index (κ1) is 19.9. The number of nitrogens with one attached hydrogen (secondary N) is 1. The first-order valence-corrected chi connectivity index (χ1v) is 9.59. The molecule has 1 N–H and O–H groups in total. The molecule has 1 aromatic heterocycles. The zero-order valence-corrected chi connectivity index (χ0v) is 17.2. The van der Waals surface area contributed by atoms with Crippen LogP contribution in [-0.4, -0.2) is 12.5 Å². The molecule has 0 radical (unpaired) electrons. The molecule has 2 aromatic carbocycles. The van der Waals surface area contributed by atoms with Crippen LogP contribution in [0.4, 0.5) is 5.69 Å². The summed E-state index contributed by atoms with van der Waals surface area (Å²) in [5.41, 5.74) is 2.60. The van der Waals surface area contributed by atoms with Crippen LogP contribution in [0.3, 0.4) is 0 Å². The van der Waals surface area contributed by atoms with Gasteiger partial charge in [0.15, 0.2) is 6.61 Å². The quantitative estimate of drug-likeness (QED) is 0.427. The highest BCUT2D eigenvalue weighted by molar-refractivity contribution is 9.10. The summed E-state index contributed by atoms with van der Waals surface area (Å²) >= 11 is 3.40. The molecule has 0 aliphatic heterocycles. The van der Waals surface area contributed by atoms with Gasteiger partial charge in [-0.1, -0.05) is 23.8 Å². The van der Waals surface area contributed by atoms with Gasteiger partial charge in [-0.05, 0) is 66.5 Å². The zero-order valence-electron chi connectivity index (χ0n) is 15.6. The second kappa shape index (κ2) is 8.89. The highest BCUT2D eigenvalue weighted by Gasteiger charge is 2.13. The van der Waals surface area contributed by atoms with Crippen molar-refractivity contribution in [3.05, 3.63) is 80.6 Å². The fraction of sp³-hybridized carbons (Fsp3) is 0.182.